The highest BCUT2D eigenvalue weighted by Crippen LogP contribution is 2.28. The van der Waals surface area contributed by atoms with Crippen LogP contribution in [0, 0.1) is 20.8 Å². The number of thiazole rings is 1. The van der Waals surface area contributed by atoms with Crippen molar-refractivity contribution in [3.05, 3.63) is 76.1 Å². The predicted molar refractivity (Wildman–Crippen MR) is 123 cm³/mol. The van der Waals surface area contributed by atoms with Gasteiger partial charge >= 0.3 is 0 Å². The Morgan fingerprint density at radius 1 is 1.00 bits per heavy atom. The molecular formula is C23H24N4OS2. The van der Waals surface area contributed by atoms with Gasteiger partial charge in [-0.3, -0.25) is 0 Å². The fraction of sp³-hybridized carbons (Fsp3) is 0.261. The SMILES string of the molecule is Cc1cc(C)cc(OCc2nnc(SCc3csc(-c4cccc(C)c4)n3)n2C)c1. The lowest BCUT2D eigenvalue weighted by atomic mass is 10.1. The fourth-order valence-electron chi connectivity index (χ4n) is 3.18. The number of thioether (sulfide) groups is 1. The molecule has 0 unspecified atom stereocenters. The zero-order valence-electron chi connectivity index (χ0n) is 17.5. The maximum absolute atomic E-state index is 5.93. The Morgan fingerprint density at radius 2 is 1.80 bits per heavy atom. The van der Waals surface area contributed by atoms with Gasteiger partial charge in [-0.2, -0.15) is 0 Å². The van der Waals surface area contributed by atoms with E-state index < -0.39 is 0 Å². The van der Waals surface area contributed by atoms with Crippen molar-refractivity contribution in [2.45, 2.75) is 38.3 Å². The van der Waals surface area contributed by atoms with E-state index in [4.69, 9.17) is 9.72 Å². The number of rotatable bonds is 7. The first-order chi connectivity index (χ1) is 14.5. The maximum Gasteiger partial charge on any atom is 0.191 e. The van der Waals surface area contributed by atoms with Gasteiger partial charge in [0.1, 0.15) is 17.4 Å². The van der Waals surface area contributed by atoms with Gasteiger partial charge in [0, 0.05) is 23.7 Å². The van der Waals surface area contributed by atoms with Gasteiger partial charge < -0.3 is 9.30 Å². The number of nitrogens with zero attached hydrogens (tertiary/aromatic N) is 4. The molecule has 0 bridgehead atoms. The Labute approximate surface area is 185 Å². The van der Waals surface area contributed by atoms with Crippen LogP contribution in [0.15, 0.2) is 53.0 Å². The van der Waals surface area contributed by atoms with E-state index in [0.29, 0.717) is 6.61 Å². The molecule has 0 aliphatic carbocycles. The zero-order chi connectivity index (χ0) is 21.1. The van der Waals surface area contributed by atoms with Gasteiger partial charge in [-0.25, -0.2) is 4.98 Å². The normalized spacial score (nSPS) is 11.1. The third-order valence-electron chi connectivity index (χ3n) is 4.65. The highest BCUT2D eigenvalue weighted by Gasteiger charge is 2.12. The van der Waals surface area contributed by atoms with E-state index in [2.05, 4.69) is 66.7 Å². The number of ether oxygens (including phenoxy) is 1. The summed E-state index contributed by atoms with van der Waals surface area (Å²) < 4.78 is 7.92. The summed E-state index contributed by atoms with van der Waals surface area (Å²) in [5.74, 6) is 2.41. The van der Waals surface area contributed by atoms with E-state index in [-0.39, 0.29) is 0 Å². The summed E-state index contributed by atoms with van der Waals surface area (Å²) in [6, 6.07) is 14.6. The topological polar surface area (TPSA) is 52.8 Å². The molecule has 0 atom stereocenters. The van der Waals surface area contributed by atoms with Crippen molar-refractivity contribution >= 4 is 23.1 Å². The molecule has 30 heavy (non-hydrogen) atoms. The van der Waals surface area contributed by atoms with Gasteiger partial charge in [-0.05, 0) is 50.1 Å². The lowest BCUT2D eigenvalue weighted by Crippen LogP contribution is -2.04. The first-order valence-corrected chi connectivity index (χ1v) is 11.6. The third kappa shape index (κ3) is 4.91. The number of benzene rings is 2. The van der Waals surface area contributed by atoms with E-state index in [1.54, 1.807) is 23.1 Å². The molecule has 2 heterocycles. The van der Waals surface area contributed by atoms with Crippen molar-refractivity contribution in [2.75, 3.05) is 0 Å². The lowest BCUT2D eigenvalue weighted by Gasteiger charge is -2.08. The molecule has 0 fully saturated rings. The van der Waals surface area contributed by atoms with Crippen molar-refractivity contribution in [3.63, 3.8) is 0 Å². The molecule has 0 spiro atoms. The molecule has 7 heteroatoms. The Hall–Kier alpha value is -2.64. The minimum Gasteiger partial charge on any atom is -0.486 e. The molecule has 0 aliphatic heterocycles. The fourth-order valence-corrected chi connectivity index (χ4v) is 4.93. The van der Waals surface area contributed by atoms with E-state index >= 15 is 0 Å². The average Bonchev–Trinajstić information content (AvgIpc) is 3.31. The molecule has 4 aromatic rings. The summed E-state index contributed by atoms with van der Waals surface area (Å²) in [6.07, 6.45) is 0. The molecule has 154 valence electrons. The summed E-state index contributed by atoms with van der Waals surface area (Å²) in [7, 11) is 1.97. The van der Waals surface area contributed by atoms with Crippen molar-refractivity contribution in [3.8, 4) is 16.3 Å². The molecule has 5 nitrogen and oxygen atoms in total. The monoisotopic (exact) mass is 436 g/mol. The van der Waals surface area contributed by atoms with Crippen LogP contribution in [0.25, 0.3) is 10.6 Å². The van der Waals surface area contributed by atoms with Gasteiger partial charge in [0.2, 0.25) is 0 Å². The Morgan fingerprint density at radius 3 is 2.57 bits per heavy atom. The highest BCUT2D eigenvalue weighted by atomic mass is 32.2. The predicted octanol–water partition coefficient (Wildman–Crippen LogP) is 5.74. The quantitative estimate of drug-likeness (QED) is 0.346. The third-order valence-corrected chi connectivity index (χ3v) is 6.65. The first-order valence-electron chi connectivity index (χ1n) is 9.71. The molecule has 2 aromatic carbocycles. The molecule has 0 saturated heterocycles. The summed E-state index contributed by atoms with van der Waals surface area (Å²) >= 11 is 3.31. The van der Waals surface area contributed by atoms with E-state index in [0.717, 1.165) is 33.2 Å². The van der Waals surface area contributed by atoms with Crippen LogP contribution in [-0.4, -0.2) is 19.7 Å². The van der Waals surface area contributed by atoms with Gasteiger partial charge in [0.25, 0.3) is 0 Å². The van der Waals surface area contributed by atoms with Crippen molar-refractivity contribution in [1.29, 1.82) is 0 Å². The molecule has 4 rings (SSSR count). The number of hydrogen-bond acceptors (Lipinski definition) is 6. The molecule has 0 amide bonds. The van der Waals surface area contributed by atoms with Crippen LogP contribution in [0.1, 0.15) is 28.2 Å². The van der Waals surface area contributed by atoms with E-state index in [1.165, 1.54) is 22.3 Å². The summed E-state index contributed by atoms with van der Waals surface area (Å²) in [6.45, 7) is 6.63. The number of aryl methyl sites for hydroxylation is 3. The zero-order valence-corrected chi connectivity index (χ0v) is 19.2. The summed E-state index contributed by atoms with van der Waals surface area (Å²) in [5.41, 5.74) is 5.84. The van der Waals surface area contributed by atoms with Gasteiger partial charge in [0.15, 0.2) is 11.0 Å². The second kappa shape index (κ2) is 9.02. The van der Waals surface area contributed by atoms with Gasteiger partial charge in [-0.1, -0.05) is 41.6 Å². The Bertz CT molecular complexity index is 1150. The van der Waals surface area contributed by atoms with E-state index in [9.17, 15) is 0 Å². The molecule has 0 saturated carbocycles. The molecule has 0 N–H and O–H groups in total. The Balaban J connectivity index is 1.37. The van der Waals surface area contributed by atoms with Gasteiger partial charge in [-0.15, -0.1) is 21.5 Å². The maximum atomic E-state index is 5.93. The smallest absolute Gasteiger partial charge is 0.191 e. The van der Waals surface area contributed by atoms with E-state index in [1.807, 2.05) is 23.7 Å². The largest absolute Gasteiger partial charge is 0.486 e. The van der Waals surface area contributed by atoms with Crippen LogP contribution >= 0.6 is 23.1 Å². The lowest BCUT2D eigenvalue weighted by molar-refractivity contribution is 0.290. The molecular weight excluding hydrogens is 412 g/mol. The highest BCUT2D eigenvalue weighted by molar-refractivity contribution is 7.98. The van der Waals surface area contributed by atoms with Crippen molar-refractivity contribution in [1.82, 2.24) is 19.7 Å². The van der Waals surface area contributed by atoms with Crippen LogP contribution in [0.5, 0.6) is 5.75 Å². The second-order valence-electron chi connectivity index (χ2n) is 7.37. The van der Waals surface area contributed by atoms with Crippen LogP contribution in [0.2, 0.25) is 0 Å². The Kier molecular flexibility index (Phi) is 6.20. The van der Waals surface area contributed by atoms with Crippen LogP contribution in [-0.2, 0) is 19.4 Å². The van der Waals surface area contributed by atoms with Gasteiger partial charge in [0.05, 0.1) is 5.69 Å². The molecule has 2 aromatic heterocycles. The standard InChI is InChI=1S/C23H24N4OS2/c1-15-6-5-7-18(9-15)22-24-19(13-29-22)14-30-23-26-25-21(27(23)4)12-28-20-10-16(2)8-17(3)11-20/h5-11,13H,12,14H2,1-4H3. The van der Waals surface area contributed by atoms with Crippen molar-refractivity contribution < 1.29 is 4.74 Å². The minimum atomic E-state index is 0.390. The summed E-state index contributed by atoms with van der Waals surface area (Å²) in [4.78, 5) is 4.78. The second-order valence-corrected chi connectivity index (χ2v) is 9.17. The first kappa shape index (κ1) is 20.6. The molecule has 0 aliphatic rings. The average molecular weight is 437 g/mol. The van der Waals surface area contributed by atoms with Crippen molar-refractivity contribution in [2.24, 2.45) is 7.05 Å². The van der Waals surface area contributed by atoms with Crippen LogP contribution < -0.4 is 4.74 Å². The number of aromatic nitrogens is 4. The summed E-state index contributed by atoms with van der Waals surface area (Å²) in [5, 5.41) is 12.7. The minimum absolute atomic E-state index is 0.390. The van der Waals surface area contributed by atoms with Crippen LogP contribution in [0.4, 0.5) is 0 Å². The molecule has 0 radical (unpaired) electrons. The van der Waals surface area contributed by atoms with Crippen LogP contribution in [0.3, 0.4) is 0 Å². The number of hydrogen-bond donors (Lipinski definition) is 0.